The minimum atomic E-state index is -0.892. The van der Waals surface area contributed by atoms with Gasteiger partial charge in [-0.05, 0) is 26.3 Å². The molecule has 0 aliphatic heterocycles. The van der Waals surface area contributed by atoms with Crippen molar-refractivity contribution in [1.29, 1.82) is 0 Å². The molecule has 1 rings (SSSR count). The molecule has 0 atom stereocenters. The Morgan fingerprint density at radius 2 is 1.94 bits per heavy atom. The molecule has 0 heterocycles. The van der Waals surface area contributed by atoms with Crippen LogP contribution >= 0.6 is 0 Å². The van der Waals surface area contributed by atoms with Crippen LogP contribution in [0.4, 0.5) is 0 Å². The van der Waals surface area contributed by atoms with Gasteiger partial charge in [0, 0.05) is 5.41 Å². The minimum absolute atomic E-state index is 0.323. The number of aliphatic hydroxyl groups is 1. The average Bonchev–Trinajstić information content (AvgIpc) is 2.13. The Hall–Kier alpha value is -1.50. The number of nitrogens with zero attached hydrogens (tertiary/aromatic N) is 1. The van der Waals surface area contributed by atoms with E-state index >= 15 is 0 Å². The number of carbonyl (C=O) groups excluding carboxylic acids is 2. The number of rotatable bonds is 3. The molecule has 1 aliphatic rings. The fourth-order valence-corrected chi connectivity index (χ4v) is 1.77. The Labute approximate surface area is 98.4 Å². The molecule has 0 radical (unpaired) electrons. The van der Waals surface area contributed by atoms with Crippen LogP contribution in [-0.2, 0) is 9.59 Å². The second-order valence-electron chi connectivity index (χ2n) is 4.56. The third-order valence-corrected chi connectivity index (χ3v) is 2.56. The highest BCUT2D eigenvalue weighted by Gasteiger charge is 2.38. The van der Waals surface area contributed by atoms with Crippen molar-refractivity contribution in [2.75, 3.05) is 6.54 Å². The molecule has 17 heavy (non-hydrogen) atoms. The van der Waals surface area contributed by atoms with Gasteiger partial charge in [-0.1, -0.05) is 11.3 Å². The lowest BCUT2D eigenvalue weighted by molar-refractivity contribution is -0.300. The van der Waals surface area contributed by atoms with Crippen molar-refractivity contribution in [2.45, 2.75) is 20.8 Å². The molecule has 0 aromatic heterocycles. The van der Waals surface area contributed by atoms with Gasteiger partial charge >= 0.3 is 0 Å². The topological polar surface area (TPSA) is 98.1 Å². The fraction of sp³-hybridized carbons (Fsp3) is 0.455. The van der Waals surface area contributed by atoms with Gasteiger partial charge in [-0.15, -0.1) is 0 Å². The molecular formula is C11H15NO5. The molecule has 6 nitrogen and oxygen atoms in total. The van der Waals surface area contributed by atoms with Crippen LogP contribution in [0, 0.1) is 5.41 Å². The summed E-state index contributed by atoms with van der Waals surface area (Å²) in [5.41, 5.74) is -0.861. The monoisotopic (exact) mass is 241 g/mol. The summed E-state index contributed by atoms with van der Waals surface area (Å²) in [7, 11) is 0. The quantitative estimate of drug-likeness (QED) is 0.503. The van der Waals surface area contributed by atoms with Crippen molar-refractivity contribution in [3.05, 3.63) is 23.0 Å². The van der Waals surface area contributed by atoms with E-state index in [1.807, 2.05) is 0 Å². The summed E-state index contributed by atoms with van der Waals surface area (Å²) in [4.78, 5) is 23.6. The fourth-order valence-electron chi connectivity index (χ4n) is 1.77. The highest BCUT2D eigenvalue weighted by atomic mass is 16.8. The Bertz CT molecular complexity index is 431. The van der Waals surface area contributed by atoms with Crippen LogP contribution in [0.1, 0.15) is 20.8 Å². The minimum Gasteiger partial charge on any atom is -0.507 e. The predicted octanol–water partition coefficient (Wildman–Crippen LogP) is 1.00. The van der Waals surface area contributed by atoms with E-state index in [0.717, 1.165) is 0 Å². The van der Waals surface area contributed by atoms with Crippen molar-refractivity contribution in [2.24, 2.45) is 5.41 Å². The molecule has 0 saturated carbocycles. The first-order valence-corrected chi connectivity index (χ1v) is 5.03. The lowest BCUT2D eigenvalue weighted by Gasteiger charge is -2.26. The van der Waals surface area contributed by atoms with Gasteiger partial charge < -0.3 is 5.11 Å². The van der Waals surface area contributed by atoms with Crippen molar-refractivity contribution in [3.63, 3.8) is 0 Å². The highest BCUT2D eigenvalue weighted by molar-refractivity contribution is 6.24. The number of carbonyl (C=O) groups is 2. The maximum Gasteiger partial charge on any atom is 0.189 e. The van der Waals surface area contributed by atoms with Crippen LogP contribution in [0.15, 0.2) is 23.0 Å². The number of allylic oxidation sites excluding steroid dienone is 2. The van der Waals surface area contributed by atoms with Crippen LogP contribution in [-0.4, -0.2) is 38.9 Å². The van der Waals surface area contributed by atoms with Gasteiger partial charge in [-0.3, -0.25) is 20.0 Å². The van der Waals surface area contributed by atoms with Gasteiger partial charge in [0.15, 0.2) is 11.6 Å². The van der Waals surface area contributed by atoms with E-state index in [2.05, 4.69) is 0 Å². The molecular weight excluding hydrogens is 226 g/mol. The van der Waals surface area contributed by atoms with Crippen LogP contribution < -0.4 is 0 Å². The number of aliphatic hydroxyl groups excluding tert-OH is 1. The molecule has 0 saturated heterocycles. The van der Waals surface area contributed by atoms with Crippen molar-refractivity contribution in [3.8, 4) is 0 Å². The average molecular weight is 241 g/mol. The van der Waals surface area contributed by atoms with E-state index in [0.29, 0.717) is 5.57 Å². The van der Waals surface area contributed by atoms with Crippen LogP contribution in [0.5, 0.6) is 0 Å². The van der Waals surface area contributed by atoms with E-state index in [1.165, 1.54) is 0 Å². The SMILES string of the molecule is CC1=CC(C)(C)C(=O)C(C(=O)CN(O)O)=C1O. The van der Waals surface area contributed by atoms with E-state index in [9.17, 15) is 14.7 Å². The first kappa shape index (κ1) is 13.6. The zero-order valence-corrected chi connectivity index (χ0v) is 9.89. The van der Waals surface area contributed by atoms with Gasteiger partial charge in [0.05, 0.1) is 0 Å². The molecule has 1 aliphatic carbocycles. The second kappa shape index (κ2) is 4.40. The van der Waals surface area contributed by atoms with Crippen LogP contribution in [0.3, 0.4) is 0 Å². The molecule has 94 valence electrons. The summed E-state index contributed by atoms with van der Waals surface area (Å²) >= 11 is 0. The molecule has 0 unspecified atom stereocenters. The largest absolute Gasteiger partial charge is 0.507 e. The van der Waals surface area contributed by atoms with E-state index < -0.39 is 29.3 Å². The third kappa shape index (κ3) is 2.60. The smallest absolute Gasteiger partial charge is 0.189 e. The highest BCUT2D eigenvalue weighted by Crippen LogP contribution is 2.33. The molecule has 0 bridgehead atoms. The van der Waals surface area contributed by atoms with Gasteiger partial charge in [0.2, 0.25) is 0 Å². The summed E-state index contributed by atoms with van der Waals surface area (Å²) in [6.45, 7) is 4.05. The molecule has 0 aromatic rings. The number of ketones is 2. The lowest BCUT2D eigenvalue weighted by atomic mass is 9.76. The van der Waals surface area contributed by atoms with Crippen molar-refractivity contribution >= 4 is 11.6 Å². The van der Waals surface area contributed by atoms with Crippen LogP contribution in [0.2, 0.25) is 0 Å². The molecule has 6 heteroatoms. The zero-order chi connectivity index (χ0) is 13.4. The summed E-state index contributed by atoms with van der Waals surface area (Å²) in [5, 5.41) is 26.5. The molecule has 0 fully saturated rings. The Kier molecular flexibility index (Phi) is 3.51. The molecule has 3 N–H and O–H groups in total. The van der Waals surface area contributed by atoms with Crippen LogP contribution in [0.25, 0.3) is 0 Å². The molecule has 0 amide bonds. The summed E-state index contributed by atoms with van der Waals surface area (Å²) in [5.74, 6) is -1.77. The summed E-state index contributed by atoms with van der Waals surface area (Å²) in [6, 6.07) is 0. The zero-order valence-electron chi connectivity index (χ0n) is 9.89. The Morgan fingerprint density at radius 1 is 1.41 bits per heavy atom. The van der Waals surface area contributed by atoms with Gasteiger partial charge in [-0.25, -0.2) is 0 Å². The van der Waals surface area contributed by atoms with Crippen molar-refractivity contribution < 1.29 is 25.1 Å². The van der Waals surface area contributed by atoms with Crippen molar-refractivity contribution in [1.82, 2.24) is 5.23 Å². The van der Waals surface area contributed by atoms with E-state index in [1.54, 1.807) is 26.8 Å². The molecule has 0 aromatic carbocycles. The lowest BCUT2D eigenvalue weighted by Crippen LogP contribution is -2.35. The molecule has 0 spiro atoms. The normalized spacial score (nSPS) is 19.6. The second-order valence-corrected chi connectivity index (χ2v) is 4.56. The van der Waals surface area contributed by atoms with Gasteiger partial charge in [-0.2, -0.15) is 0 Å². The van der Waals surface area contributed by atoms with Gasteiger partial charge in [0.25, 0.3) is 0 Å². The first-order valence-electron chi connectivity index (χ1n) is 5.03. The number of hydrogen-bond donors (Lipinski definition) is 3. The standard InChI is InChI=1S/C11H15NO5/c1-6-4-11(2,3)10(15)8(9(6)14)7(13)5-12(16)17/h4,14,16-17H,5H2,1-3H3. The third-order valence-electron chi connectivity index (χ3n) is 2.56. The van der Waals surface area contributed by atoms with E-state index in [-0.39, 0.29) is 10.8 Å². The Morgan fingerprint density at radius 3 is 2.41 bits per heavy atom. The maximum absolute atomic E-state index is 12.0. The number of hydroxylamine groups is 2. The van der Waals surface area contributed by atoms with E-state index in [4.69, 9.17) is 10.4 Å². The predicted molar refractivity (Wildman–Crippen MR) is 57.5 cm³/mol. The number of hydrogen-bond acceptors (Lipinski definition) is 6. The first-order chi connectivity index (χ1) is 7.66. The Balaban J connectivity index is 3.20. The number of Topliss-reactive ketones (excluding diaryl/α,β-unsaturated/α-hetero) is 2. The van der Waals surface area contributed by atoms with Gasteiger partial charge in [0.1, 0.15) is 17.9 Å². The summed E-state index contributed by atoms with van der Waals surface area (Å²) in [6.07, 6.45) is 1.57. The summed E-state index contributed by atoms with van der Waals surface area (Å²) < 4.78 is 0. The maximum atomic E-state index is 12.0.